The molecule has 408 valence electrons. The van der Waals surface area contributed by atoms with Crippen molar-refractivity contribution in [3.05, 3.63) is 197 Å². The van der Waals surface area contributed by atoms with Gasteiger partial charge in [0.05, 0.1) is 11.8 Å². The summed E-state index contributed by atoms with van der Waals surface area (Å²) < 4.78 is 6.97. The average Bonchev–Trinajstić information content (AvgIpc) is 4.23. The lowest BCUT2D eigenvalue weighted by molar-refractivity contribution is -0.0624. The zero-order valence-corrected chi connectivity index (χ0v) is 47.4. The van der Waals surface area contributed by atoms with Crippen LogP contribution >= 0.6 is 0 Å². The number of allylic oxidation sites excluding steroid dienone is 22. The van der Waals surface area contributed by atoms with Gasteiger partial charge in [-0.3, -0.25) is 0 Å². The van der Waals surface area contributed by atoms with Gasteiger partial charge in [0.2, 0.25) is 0 Å². The number of hydrogen-bond acceptors (Lipinski definition) is 3. The first kappa shape index (κ1) is 51.1. The van der Waals surface area contributed by atoms with Crippen LogP contribution in [0.15, 0.2) is 191 Å². The van der Waals surface area contributed by atoms with Crippen molar-refractivity contribution in [2.75, 3.05) is 4.90 Å². The lowest BCUT2D eigenvalue weighted by atomic mass is 9.42. The summed E-state index contributed by atoms with van der Waals surface area (Å²) in [5.74, 6) is 5.87. The maximum Gasteiger partial charge on any atom is 0.102 e. The van der Waals surface area contributed by atoms with E-state index < -0.39 is 0 Å². The van der Waals surface area contributed by atoms with Gasteiger partial charge in [0.25, 0.3) is 0 Å². The van der Waals surface area contributed by atoms with Crippen LogP contribution in [0.2, 0.25) is 0 Å². The molecule has 1 saturated heterocycles. The van der Waals surface area contributed by atoms with Crippen molar-refractivity contribution in [3.8, 4) is 0 Å². The number of rotatable bonds is 12. The zero-order valence-electron chi connectivity index (χ0n) is 47.4. The van der Waals surface area contributed by atoms with Crippen molar-refractivity contribution in [1.29, 1.82) is 0 Å². The minimum atomic E-state index is 0.0375. The number of para-hydroxylation sites is 1. The topological polar surface area (TPSA) is 15.7 Å². The molecule has 1 heterocycles. The SMILES string of the molecule is C=CC1=CCC(OC2=CC=C(C3(C4(C5C=CCCC5)CCCCC4)C4C=C(N(c5ccccc5C5CCCCC5)C5CC=C(C6=CC7C8CCCC=C8N(C8=CC=CCC8)C7C=C6)CC5)C=CC4C4CCC=C[C@@H]43)CC2)CC1. The molecule has 0 amide bonds. The highest BCUT2D eigenvalue weighted by atomic mass is 16.5. The molecule has 1 aromatic carbocycles. The molecule has 3 heteroatoms. The predicted octanol–water partition coefficient (Wildman–Crippen LogP) is 19.6. The maximum atomic E-state index is 6.97. The number of ether oxygens (including phenoxy) is 1. The van der Waals surface area contributed by atoms with Gasteiger partial charge in [-0.05, 0) is 210 Å². The van der Waals surface area contributed by atoms with Crippen LogP contribution in [-0.4, -0.2) is 23.1 Å². The Kier molecular flexibility index (Phi) is 14.5. The van der Waals surface area contributed by atoms with Gasteiger partial charge in [0, 0.05) is 58.9 Å². The van der Waals surface area contributed by atoms with E-state index in [0.717, 1.165) is 57.8 Å². The van der Waals surface area contributed by atoms with Gasteiger partial charge in [-0.2, -0.15) is 0 Å². The molecule has 4 fully saturated rings. The summed E-state index contributed by atoms with van der Waals surface area (Å²) in [5.41, 5.74) is 14.3. The van der Waals surface area contributed by atoms with Gasteiger partial charge < -0.3 is 14.5 Å². The Labute approximate surface area is 471 Å². The molecule has 0 radical (unpaired) electrons. The molecule has 12 aliphatic carbocycles. The molecule has 78 heavy (non-hydrogen) atoms. The second kappa shape index (κ2) is 22.1. The summed E-state index contributed by atoms with van der Waals surface area (Å²) in [6.45, 7) is 4.08. The van der Waals surface area contributed by atoms with Crippen LogP contribution in [0.25, 0.3) is 0 Å². The smallest absolute Gasteiger partial charge is 0.102 e. The van der Waals surface area contributed by atoms with E-state index in [0.29, 0.717) is 59.4 Å². The lowest BCUT2D eigenvalue weighted by Crippen LogP contribution is -2.55. The number of benzene rings is 1. The second-order valence-corrected chi connectivity index (χ2v) is 26.8. The van der Waals surface area contributed by atoms with E-state index >= 15 is 0 Å². The fourth-order valence-corrected chi connectivity index (χ4v) is 19.8. The first-order valence-corrected chi connectivity index (χ1v) is 32.6. The Balaban J connectivity index is 0.864. The van der Waals surface area contributed by atoms with Gasteiger partial charge in [-0.15, -0.1) is 0 Å². The number of hydrogen-bond donors (Lipinski definition) is 0. The quantitative estimate of drug-likeness (QED) is 0.194. The third kappa shape index (κ3) is 8.96. The van der Waals surface area contributed by atoms with E-state index in [1.165, 1.54) is 156 Å². The molecule has 11 atom stereocenters. The number of nitrogens with zero attached hydrogens (tertiary/aromatic N) is 2. The fourth-order valence-electron chi connectivity index (χ4n) is 19.8. The number of likely N-dealkylation sites (tertiary alicyclic amines) is 1. The third-order valence-corrected chi connectivity index (χ3v) is 23.1. The number of anilines is 1. The summed E-state index contributed by atoms with van der Waals surface area (Å²) >= 11 is 0. The molecule has 14 rings (SSSR count). The average molecular weight is 1040 g/mol. The second-order valence-electron chi connectivity index (χ2n) is 26.8. The zero-order chi connectivity index (χ0) is 52.0. The molecule has 10 unspecified atom stereocenters. The van der Waals surface area contributed by atoms with E-state index in [4.69, 9.17) is 4.74 Å². The van der Waals surface area contributed by atoms with Crippen LogP contribution in [0.5, 0.6) is 0 Å². The standard InChI is InChI=1S/C75H92N2O/c1-2-53-33-43-62(44-34-53)78-63-45-38-58(39-46-63)75(74(49-19-6-20-50-74)57-23-9-4-10-24-57)69-30-16-13-28-65(69)66-47-42-61(52-70(66)75)76(71-31-17-14-27-64(71)55-21-7-3-8-22-55)60-40-35-54(36-41-60)56-37-48-73-68(51-56)67-29-15-18-32-72(67)77(73)59-25-11-5-12-26-59/h2,5,9,11,14,16-17,23,25,27,30-33,35,37-38,42,45,47-48,51-52,55,57,60,62,65-70,73H,1,3-4,6-8,10,12-13,15,18-22,24,26,28-29,34,36,39-41,43-44,46,49-50H2/t57?,60?,62?,65?,66?,67?,68?,69-,70?,73?,75?/m0/s1. The van der Waals surface area contributed by atoms with Crippen molar-refractivity contribution in [2.45, 2.75) is 204 Å². The lowest BCUT2D eigenvalue weighted by Gasteiger charge is -2.62. The van der Waals surface area contributed by atoms with Gasteiger partial charge >= 0.3 is 0 Å². The van der Waals surface area contributed by atoms with Crippen molar-refractivity contribution in [1.82, 2.24) is 4.90 Å². The molecular weight excluding hydrogens is 945 g/mol. The molecule has 3 saturated carbocycles. The summed E-state index contributed by atoms with van der Waals surface area (Å²) in [7, 11) is 0. The molecule has 0 bridgehead atoms. The van der Waals surface area contributed by atoms with E-state index in [-0.39, 0.29) is 16.9 Å². The predicted molar refractivity (Wildman–Crippen MR) is 325 cm³/mol. The molecule has 0 spiro atoms. The Morgan fingerprint density at radius 2 is 1.54 bits per heavy atom. The molecule has 1 aliphatic heterocycles. The highest BCUT2D eigenvalue weighted by Crippen LogP contribution is 2.75. The Hall–Kier alpha value is -5.02. The van der Waals surface area contributed by atoms with Crippen molar-refractivity contribution >= 4 is 5.69 Å². The summed E-state index contributed by atoms with van der Waals surface area (Å²) in [6.07, 6.45) is 84.6. The molecular formula is C75H92N2O. The fraction of sp³-hybridized carbons (Fsp3) is 0.547. The molecule has 0 N–H and O–H groups in total. The molecule has 3 nitrogen and oxygen atoms in total. The first-order valence-electron chi connectivity index (χ1n) is 32.6. The monoisotopic (exact) mass is 1040 g/mol. The van der Waals surface area contributed by atoms with Gasteiger partial charge in [0.1, 0.15) is 6.10 Å². The van der Waals surface area contributed by atoms with E-state index in [1.807, 2.05) is 6.08 Å². The Morgan fingerprint density at radius 3 is 2.33 bits per heavy atom. The minimum absolute atomic E-state index is 0.0375. The Morgan fingerprint density at radius 1 is 0.654 bits per heavy atom. The largest absolute Gasteiger partial charge is 0.494 e. The van der Waals surface area contributed by atoms with Crippen molar-refractivity contribution in [2.24, 2.45) is 52.3 Å². The van der Waals surface area contributed by atoms with E-state index in [1.54, 1.807) is 22.4 Å². The normalized spacial score (nSPS) is 36.0. The van der Waals surface area contributed by atoms with Gasteiger partial charge in [-0.1, -0.05) is 172 Å². The van der Waals surface area contributed by atoms with Crippen LogP contribution in [0, 0.1) is 52.3 Å². The van der Waals surface area contributed by atoms with Crippen LogP contribution in [0.3, 0.4) is 0 Å². The van der Waals surface area contributed by atoms with Gasteiger partial charge in [0.15, 0.2) is 0 Å². The van der Waals surface area contributed by atoms with Crippen LogP contribution in [0.4, 0.5) is 5.69 Å². The highest BCUT2D eigenvalue weighted by molar-refractivity contribution is 5.64. The Bertz CT molecular complexity index is 2870. The maximum absolute atomic E-state index is 6.97. The minimum Gasteiger partial charge on any atom is -0.494 e. The summed E-state index contributed by atoms with van der Waals surface area (Å²) in [5, 5.41) is 0. The van der Waals surface area contributed by atoms with E-state index in [9.17, 15) is 0 Å². The van der Waals surface area contributed by atoms with Crippen LogP contribution < -0.4 is 4.90 Å². The van der Waals surface area contributed by atoms with Crippen LogP contribution in [-0.2, 0) is 4.74 Å². The number of fused-ring (bicyclic) bond motifs is 6. The van der Waals surface area contributed by atoms with Crippen molar-refractivity contribution in [3.63, 3.8) is 0 Å². The summed E-state index contributed by atoms with van der Waals surface area (Å²) in [6, 6.07) is 10.7. The van der Waals surface area contributed by atoms with E-state index in [2.05, 4.69) is 150 Å². The third-order valence-electron chi connectivity index (χ3n) is 23.1. The highest BCUT2D eigenvalue weighted by Gasteiger charge is 2.69. The molecule has 1 aromatic rings. The summed E-state index contributed by atoms with van der Waals surface area (Å²) in [4.78, 5) is 5.76. The van der Waals surface area contributed by atoms with Crippen molar-refractivity contribution < 1.29 is 4.74 Å². The molecule has 0 aromatic heterocycles. The first-order chi connectivity index (χ1) is 38.6. The van der Waals surface area contributed by atoms with Gasteiger partial charge in [-0.25, -0.2) is 0 Å². The molecule has 13 aliphatic rings. The van der Waals surface area contributed by atoms with Crippen LogP contribution in [0.1, 0.15) is 191 Å².